The predicted octanol–water partition coefficient (Wildman–Crippen LogP) is 3.37. The van der Waals surface area contributed by atoms with E-state index in [2.05, 4.69) is 5.32 Å². The van der Waals surface area contributed by atoms with E-state index in [0.29, 0.717) is 11.5 Å². The maximum absolute atomic E-state index is 12.2. The molecule has 26 heavy (non-hydrogen) atoms. The molecule has 0 bridgehead atoms. The van der Waals surface area contributed by atoms with E-state index in [0.717, 1.165) is 23.2 Å². The Kier molecular flexibility index (Phi) is 6.60. The molecule has 0 spiro atoms. The molecule has 0 heterocycles. The molecule has 6 nitrogen and oxygen atoms in total. The molecule has 0 atom stereocenters. The second-order valence-electron chi connectivity index (χ2n) is 5.66. The Labute approximate surface area is 153 Å². The number of aryl methyl sites for hydroxylation is 2. The number of esters is 1. The van der Waals surface area contributed by atoms with Gasteiger partial charge in [-0.3, -0.25) is 4.79 Å². The van der Waals surface area contributed by atoms with Gasteiger partial charge in [0.25, 0.3) is 5.91 Å². The van der Waals surface area contributed by atoms with Crippen LogP contribution in [0.25, 0.3) is 0 Å². The fourth-order valence-electron chi connectivity index (χ4n) is 2.56. The highest BCUT2D eigenvalue weighted by Gasteiger charge is 2.15. The normalized spacial score (nSPS) is 10.2. The third-order valence-corrected chi connectivity index (χ3v) is 3.96. The number of para-hydroxylation sites is 1. The van der Waals surface area contributed by atoms with Crippen molar-refractivity contribution in [1.29, 1.82) is 0 Å². The van der Waals surface area contributed by atoms with Gasteiger partial charge in [0.2, 0.25) is 0 Å². The Morgan fingerprint density at radius 3 is 2.42 bits per heavy atom. The van der Waals surface area contributed by atoms with Gasteiger partial charge in [-0.25, -0.2) is 4.79 Å². The van der Waals surface area contributed by atoms with Crippen molar-refractivity contribution in [3.05, 3.63) is 53.1 Å². The van der Waals surface area contributed by atoms with Gasteiger partial charge >= 0.3 is 5.97 Å². The van der Waals surface area contributed by atoms with Crippen LogP contribution < -0.4 is 14.8 Å². The molecule has 2 aromatic rings. The lowest BCUT2D eigenvalue weighted by molar-refractivity contribution is -0.119. The van der Waals surface area contributed by atoms with Gasteiger partial charge < -0.3 is 19.5 Å². The molecule has 0 aromatic heterocycles. The first-order valence-corrected chi connectivity index (χ1v) is 8.27. The molecule has 0 saturated carbocycles. The van der Waals surface area contributed by atoms with Crippen molar-refractivity contribution in [3.8, 4) is 11.5 Å². The topological polar surface area (TPSA) is 73.9 Å². The number of carbonyl (C=O) groups excluding carboxylic acids is 2. The highest BCUT2D eigenvalue weighted by Crippen LogP contribution is 2.27. The Bertz CT molecular complexity index is 801. The number of benzene rings is 2. The summed E-state index contributed by atoms with van der Waals surface area (Å²) in [4.78, 5) is 24.3. The van der Waals surface area contributed by atoms with Crippen molar-refractivity contribution < 1.29 is 23.8 Å². The van der Waals surface area contributed by atoms with Crippen LogP contribution >= 0.6 is 0 Å². The number of ether oxygens (including phenoxy) is 3. The standard InChI is InChI=1S/C20H23NO5/c1-5-14-8-6-7-13(2)19(14)21-18(22)12-26-20(23)15-9-10-16(24-3)17(11-15)25-4/h6-11H,5,12H2,1-4H3,(H,21,22). The van der Waals surface area contributed by atoms with E-state index in [-0.39, 0.29) is 18.1 Å². The summed E-state index contributed by atoms with van der Waals surface area (Å²) < 4.78 is 15.4. The number of methoxy groups -OCH3 is 2. The summed E-state index contributed by atoms with van der Waals surface area (Å²) in [5.41, 5.74) is 3.04. The first-order chi connectivity index (χ1) is 12.5. The zero-order valence-electron chi connectivity index (χ0n) is 15.4. The van der Waals surface area contributed by atoms with Crippen molar-refractivity contribution >= 4 is 17.6 Å². The molecule has 0 aliphatic carbocycles. The monoisotopic (exact) mass is 357 g/mol. The molecule has 0 saturated heterocycles. The van der Waals surface area contributed by atoms with Gasteiger partial charge in [0, 0.05) is 5.69 Å². The summed E-state index contributed by atoms with van der Waals surface area (Å²) in [5, 5.41) is 2.82. The van der Waals surface area contributed by atoms with Gasteiger partial charge in [-0.1, -0.05) is 25.1 Å². The Morgan fingerprint density at radius 2 is 1.77 bits per heavy atom. The fraction of sp³-hybridized carbons (Fsp3) is 0.300. The molecule has 0 radical (unpaired) electrons. The SMILES string of the molecule is CCc1cccc(C)c1NC(=O)COC(=O)c1ccc(OC)c(OC)c1. The minimum Gasteiger partial charge on any atom is -0.493 e. The molecular formula is C20H23NO5. The van der Waals surface area contributed by atoms with Crippen LogP contribution in [0.4, 0.5) is 5.69 Å². The Morgan fingerprint density at radius 1 is 1.04 bits per heavy atom. The van der Waals surface area contributed by atoms with E-state index in [9.17, 15) is 9.59 Å². The molecule has 0 unspecified atom stereocenters. The number of anilines is 1. The third-order valence-electron chi connectivity index (χ3n) is 3.96. The largest absolute Gasteiger partial charge is 0.493 e. The number of nitrogens with one attached hydrogen (secondary N) is 1. The average Bonchev–Trinajstić information content (AvgIpc) is 2.66. The molecule has 6 heteroatoms. The number of amides is 1. The third kappa shape index (κ3) is 4.53. The van der Waals surface area contributed by atoms with Gasteiger partial charge in [0.1, 0.15) is 0 Å². The van der Waals surface area contributed by atoms with E-state index in [1.54, 1.807) is 12.1 Å². The number of rotatable bonds is 7. The fourth-order valence-corrected chi connectivity index (χ4v) is 2.56. The summed E-state index contributed by atoms with van der Waals surface area (Å²) in [5.74, 6) is -0.0724. The van der Waals surface area contributed by atoms with Crippen LogP contribution in [0.1, 0.15) is 28.4 Å². The lowest BCUT2D eigenvalue weighted by atomic mass is 10.1. The molecule has 138 valence electrons. The highest BCUT2D eigenvalue weighted by molar-refractivity contribution is 5.96. The van der Waals surface area contributed by atoms with Crippen LogP contribution in [0.3, 0.4) is 0 Å². The Hall–Kier alpha value is -3.02. The Balaban J connectivity index is 2.00. The van der Waals surface area contributed by atoms with E-state index >= 15 is 0 Å². The molecule has 0 aliphatic heterocycles. The predicted molar refractivity (Wildman–Crippen MR) is 99.0 cm³/mol. The smallest absolute Gasteiger partial charge is 0.338 e. The minimum atomic E-state index is -0.610. The minimum absolute atomic E-state index is 0.278. The molecule has 2 aromatic carbocycles. The zero-order chi connectivity index (χ0) is 19.1. The van der Waals surface area contributed by atoms with E-state index in [1.807, 2.05) is 32.0 Å². The number of hydrogen-bond acceptors (Lipinski definition) is 5. The van der Waals surface area contributed by atoms with Gasteiger partial charge in [0.05, 0.1) is 19.8 Å². The van der Waals surface area contributed by atoms with Crippen LogP contribution in [0, 0.1) is 6.92 Å². The van der Waals surface area contributed by atoms with Crippen LogP contribution in [-0.2, 0) is 16.0 Å². The van der Waals surface area contributed by atoms with E-state index in [1.165, 1.54) is 20.3 Å². The summed E-state index contributed by atoms with van der Waals surface area (Å²) in [6.07, 6.45) is 0.794. The summed E-state index contributed by atoms with van der Waals surface area (Å²) in [6.45, 7) is 3.57. The van der Waals surface area contributed by atoms with Crippen molar-refractivity contribution in [2.75, 3.05) is 26.1 Å². The van der Waals surface area contributed by atoms with Crippen molar-refractivity contribution in [3.63, 3.8) is 0 Å². The van der Waals surface area contributed by atoms with Gasteiger partial charge in [0.15, 0.2) is 18.1 Å². The van der Waals surface area contributed by atoms with Crippen LogP contribution in [0.5, 0.6) is 11.5 Å². The second-order valence-corrected chi connectivity index (χ2v) is 5.66. The zero-order valence-corrected chi connectivity index (χ0v) is 15.4. The molecule has 1 amide bonds. The second kappa shape index (κ2) is 8.89. The maximum atomic E-state index is 12.2. The van der Waals surface area contributed by atoms with E-state index < -0.39 is 5.97 Å². The first-order valence-electron chi connectivity index (χ1n) is 8.27. The van der Waals surface area contributed by atoms with Crippen molar-refractivity contribution in [2.45, 2.75) is 20.3 Å². The summed E-state index contributed by atoms with van der Waals surface area (Å²) in [6, 6.07) is 10.5. The highest BCUT2D eigenvalue weighted by atomic mass is 16.5. The average molecular weight is 357 g/mol. The van der Waals surface area contributed by atoms with Crippen molar-refractivity contribution in [1.82, 2.24) is 0 Å². The van der Waals surface area contributed by atoms with Gasteiger partial charge in [-0.15, -0.1) is 0 Å². The molecule has 0 fully saturated rings. The lowest BCUT2D eigenvalue weighted by Gasteiger charge is -2.13. The van der Waals surface area contributed by atoms with Gasteiger partial charge in [-0.2, -0.15) is 0 Å². The van der Waals surface area contributed by atoms with Crippen LogP contribution in [-0.4, -0.2) is 32.7 Å². The summed E-state index contributed by atoms with van der Waals surface area (Å²) in [7, 11) is 2.99. The maximum Gasteiger partial charge on any atom is 0.338 e. The molecule has 2 rings (SSSR count). The summed E-state index contributed by atoms with van der Waals surface area (Å²) >= 11 is 0. The number of carbonyl (C=O) groups is 2. The van der Waals surface area contributed by atoms with Crippen molar-refractivity contribution in [2.24, 2.45) is 0 Å². The first kappa shape index (κ1) is 19.3. The molecule has 0 aliphatic rings. The van der Waals surface area contributed by atoms with Gasteiger partial charge in [-0.05, 0) is 42.7 Å². The van der Waals surface area contributed by atoms with Crippen LogP contribution in [0.15, 0.2) is 36.4 Å². The van der Waals surface area contributed by atoms with Crippen LogP contribution in [0.2, 0.25) is 0 Å². The molecular weight excluding hydrogens is 334 g/mol. The van der Waals surface area contributed by atoms with E-state index in [4.69, 9.17) is 14.2 Å². The quantitative estimate of drug-likeness (QED) is 0.769. The number of hydrogen-bond donors (Lipinski definition) is 1. The molecule has 1 N–H and O–H groups in total. The lowest BCUT2D eigenvalue weighted by Crippen LogP contribution is -2.22.